The number of ether oxygens (including phenoxy) is 1. The monoisotopic (exact) mass is 512 g/mol. The predicted octanol–water partition coefficient (Wildman–Crippen LogP) is 4.03. The van der Waals surface area contributed by atoms with Gasteiger partial charge in [-0.05, 0) is 44.7 Å². The van der Waals surface area contributed by atoms with Gasteiger partial charge in [0, 0.05) is 55.3 Å². The molecule has 3 atom stereocenters. The molecule has 1 aliphatic carbocycles. The lowest BCUT2D eigenvalue weighted by Crippen LogP contribution is -2.71. The number of nitrogens with zero attached hydrogens (tertiary/aromatic N) is 2. The molecule has 0 spiro atoms. The number of hydrogen-bond acceptors (Lipinski definition) is 3. The SMILES string of the molecule is CCN=C(NC1CCN(c2ccccc2)CC1)NC1C2CCCOC2C1(C)C.I. The van der Waals surface area contributed by atoms with Crippen LogP contribution in [0.25, 0.3) is 0 Å². The van der Waals surface area contributed by atoms with Crippen LogP contribution in [0.15, 0.2) is 35.3 Å². The number of anilines is 1. The van der Waals surface area contributed by atoms with Crippen molar-refractivity contribution in [2.24, 2.45) is 16.3 Å². The fourth-order valence-electron chi connectivity index (χ4n) is 5.37. The summed E-state index contributed by atoms with van der Waals surface area (Å²) < 4.78 is 6.06. The molecule has 2 heterocycles. The summed E-state index contributed by atoms with van der Waals surface area (Å²) in [7, 11) is 0. The number of fused-ring (bicyclic) bond motifs is 1. The first kappa shape index (κ1) is 22.7. The Hall–Kier alpha value is -1.02. The van der Waals surface area contributed by atoms with E-state index in [1.807, 2.05) is 0 Å². The van der Waals surface area contributed by atoms with E-state index in [1.54, 1.807) is 0 Å². The molecule has 2 saturated heterocycles. The third-order valence-corrected chi connectivity index (χ3v) is 6.90. The van der Waals surface area contributed by atoms with Crippen LogP contribution in [0, 0.1) is 11.3 Å². The van der Waals surface area contributed by atoms with E-state index in [0.717, 1.165) is 45.0 Å². The van der Waals surface area contributed by atoms with Gasteiger partial charge in [0.2, 0.25) is 0 Å². The van der Waals surface area contributed by atoms with E-state index < -0.39 is 0 Å². The zero-order valence-corrected chi connectivity index (χ0v) is 20.4. The van der Waals surface area contributed by atoms with Crippen LogP contribution in [0.2, 0.25) is 0 Å². The van der Waals surface area contributed by atoms with Crippen LogP contribution >= 0.6 is 24.0 Å². The molecule has 3 fully saturated rings. The normalized spacial score (nSPS) is 29.3. The number of benzene rings is 1. The van der Waals surface area contributed by atoms with Crippen molar-refractivity contribution in [3.63, 3.8) is 0 Å². The second-order valence-electron chi connectivity index (χ2n) is 9.11. The number of para-hydroxylation sites is 1. The maximum Gasteiger partial charge on any atom is 0.191 e. The smallest absolute Gasteiger partial charge is 0.191 e. The van der Waals surface area contributed by atoms with Crippen molar-refractivity contribution < 1.29 is 4.74 Å². The highest BCUT2D eigenvalue weighted by Crippen LogP contribution is 2.51. The minimum absolute atomic E-state index is 0. The van der Waals surface area contributed by atoms with Crippen molar-refractivity contribution in [1.82, 2.24) is 10.6 Å². The van der Waals surface area contributed by atoms with Crippen LogP contribution in [-0.2, 0) is 4.74 Å². The van der Waals surface area contributed by atoms with Gasteiger partial charge in [-0.15, -0.1) is 24.0 Å². The van der Waals surface area contributed by atoms with E-state index in [9.17, 15) is 0 Å². The summed E-state index contributed by atoms with van der Waals surface area (Å²) in [6.07, 6.45) is 5.13. The van der Waals surface area contributed by atoms with Gasteiger partial charge in [0.1, 0.15) is 0 Å². The maximum atomic E-state index is 6.06. The van der Waals surface area contributed by atoms with Gasteiger partial charge in [-0.3, -0.25) is 4.99 Å². The molecule has 0 radical (unpaired) electrons. The first-order valence-electron chi connectivity index (χ1n) is 11.1. The molecule has 162 valence electrons. The van der Waals surface area contributed by atoms with Crippen molar-refractivity contribution in [2.45, 2.75) is 64.6 Å². The van der Waals surface area contributed by atoms with Crippen molar-refractivity contribution in [3.8, 4) is 0 Å². The van der Waals surface area contributed by atoms with Gasteiger partial charge in [0.25, 0.3) is 0 Å². The molecule has 1 aromatic carbocycles. The Balaban J connectivity index is 0.00000240. The number of rotatable bonds is 4. The summed E-state index contributed by atoms with van der Waals surface area (Å²) in [4.78, 5) is 7.25. The summed E-state index contributed by atoms with van der Waals surface area (Å²) in [5, 5.41) is 7.51. The average molecular weight is 512 g/mol. The predicted molar refractivity (Wildman–Crippen MR) is 131 cm³/mol. The molecule has 2 aliphatic heterocycles. The summed E-state index contributed by atoms with van der Waals surface area (Å²) in [5.41, 5.74) is 1.50. The van der Waals surface area contributed by atoms with Crippen LogP contribution in [0.5, 0.6) is 0 Å². The summed E-state index contributed by atoms with van der Waals surface area (Å²) >= 11 is 0. The third kappa shape index (κ3) is 4.84. The van der Waals surface area contributed by atoms with Gasteiger partial charge in [-0.25, -0.2) is 0 Å². The Bertz CT molecular complexity index is 673. The van der Waals surface area contributed by atoms with Gasteiger partial charge in [0.05, 0.1) is 6.10 Å². The third-order valence-electron chi connectivity index (χ3n) is 6.90. The van der Waals surface area contributed by atoms with E-state index in [2.05, 4.69) is 66.6 Å². The number of hydrogen-bond donors (Lipinski definition) is 2. The van der Waals surface area contributed by atoms with Crippen LogP contribution < -0.4 is 15.5 Å². The van der Waals surface area contributed by atoms with Crippen LogP contribution in [0.4, 0.5) is 5.69 Å². The standard InChI is InChI=1S/C23H36N4O.HI/c1-4-24-22(26-20-19-11-8-16-28-21(19)23(20,2)3)25-17-12-14-27(15-13-17)18-9-6-5-7-10-18;/h5-7,9-10,17,19-21H,4,8,11-16H2,1-3H3,(H2,24,25,26);1H. The first-order valence-corrected chi connectivity index (χ1v) is 11.1. The Morgan fingerprint density at radius 1 is 1.14 bits per heavy atom. The van der Waals surface area contributed by atoms with Crippen molar-refractivity contribution >= 4 is 35.6 Å². The van der Waals surface area contributed by atoms with Crippen LogP contribution in [-0.4, -0.2) is 50.4 Å². The number of nitrogens with one attached hydrogen (secondary N) is 2. The molecule has 29 heavy (non-hydrogen) atoms. The van der Waals surface area contributed by atoms with E-state index in [1.165, 1.54) is 18.5 Å². The first-order chi connectivity index (χ1) is 13.6. The fraction of sp³-hybridized carbons (Fsp3) is 0.696. The van der Waals surface area contributed by atoms with E-state index >= 15 is 0 Å². The van der Waals surface area contributed by atoms with Crippen molar-refractivity contribution in [1.29, 1.82) is 0 Å². The molecular weight excluding hydrogens is 475 g/mol. The Kier molecular flexibility index (Phi) is 7.70. The van der Waals surface area contributed by atoms with Crippen LogP contribution in [0.1, 0.15) is 46.5 Å². The molecular formula is C23H37IN4O. The minimum Gasteiger partial charge on any atom is -0.377 e. The number of piperidine rings is 1. The van der Waals surface area contributed by atoms with Crippen LogP contribution in [0.3, 0.4) is 0 Å². The molecule has 1 aromatic rings. The Morgan fingerprint density at radius 2 is 1.86 bits per heavy atom. The lowest BCUT2D eigenvalue weighted by molar-refractivity contribution is -0.188. The number of guanidine groups is 1. The molecule has 0 aromatic heterocycles. The molecule has 4 rings (SSSR count). The van der Waals surface area contributed by atoms with Crippen molar-refractivity contribution in [3.05, 3.63) is 30.3 Å². The Labute approximate surface area is 193 Å². The summed E-state index contributed by atoms with van der Waals surface area (Å²) in [5.74, 6) is 1.61. The second-order valence-corrected chi connectivity index (χ2v) is 9.11. The highest BCUT2D eigenvalue weighted by Gasteiger charge is 2.58. The number of halogens is 1. The molecule has 0 bridgehead atoms. The lowest BCUT2D eigenvalue weighted by atomic mass is 9.55. The minimum atomic E-state index is 0. The molecule has 1 saturated carbocycles. The quantitative estimate of drug-likeness (QED) is 0.364. The Morgan fingerprint density at radius 3 is 2.55 bits per heavy atom. The highest BCUT2D eigenvalue weighted by atomic mass is 127. The average Bonchev–Trinajstić information content (AvgIpc) is 2.73. The van der Waals surface area contributed by atoms with Crippen molar-refractivity contribution in [2.75, 3.05) is 31.1 Å². The lowest BCUT2D eigenvalue weighted by Gasteiger charge is -2.60. The van der Waals surface area contributed by atoms with E-state index in [0.29, 0.717) is 24.1 Å². The highest BCUT2D eigenvalue weighted by molar-refractivity contribution is 14.0. The van der Waals surface area contributed by atoms with Gasteiger partial charge in [-0.1, -0.05) is 32.0 Å². The number of aliphatic imine (C=N–C) groups is 1. The van der Waals surface area contributed by atoms with Gasteiger partial charge < -0.3 is 20.3 Å². The fourth-order valence-corrected chi connectivity index (χ4v) is 5.37. The maximum absolute atomic E-state index is 6.06. The van der Waals surface area contributed by atoms with E-state index in [-0.39, 0.29) is 29.4 Å². The molecule has 2 N–H and O–H groups in total. The molecule has 3 unspecified atom stereocenters. The molecule has 0 amide bonds. The summed E-state index contributed by atoms with van der Waals surface area (Å²) in [6, 6.07) is 11.7. The molecule has 5 nitrogen and oxygen atoms in total. The van der Waals surface area contributed by atoms with E-state index in [4.69, 9.17) is 9.73 Å². The van der Waals surface area contributed by atoms with Gasteiger partial charge >= 0.3 is 0 Å². The topological polar surface area (TPSA) is 48.9 Å². The second kappa shape index (κ2) is 9.86. The van der Waals surface area contributed by atoms with Gasteiger partial charge in [0.15, 0.2) is 5.96 Å². The molecule has 6 heteroatoms. The zero-order chi connectivity index (χ0) is 19.6. The van der Waals surface area contributed by atoms with Gasteiger partial charge in [-0.2, -0.15) is 0 Å². The largest absolute Gasteiger partial charge is 0.377 e. The zero-order valence-electron chi connectivity index (χ0n) is 18.1. The molecule has 3 aliphatic rings. The summed E-state index contributed by atoms with van der Waals surface area (Å²) in [6.45, 7) is 10.7.